The van der Waals surface area contributed by atoms with Crippen molar-refractivity contribution in [2.45, 2.75) is 37.6 Å². The molecule has 0 bridgehead atoms. The second-order valence-electron chi connectivity index (χ2n) is 6.91. The van der Waals surface area contributed by atoms with Crippen molar-refractivity contribution in [2.24, 2.45) is 5.41 Å². The van der Waals surface area contributed by atoms with Crippen molar-refractivity contribution in [3.05, 3.63) is 40.8 Å². The molecule has 1 heterocycles. The summed E-state index contributed by atoms with van der Waals surface area (Å²) >= 11 is 0. The van der Waals surface area contributed by atoms with Crippen molar-refractivity contribution in [1.82, 2.24) is 4.90 Å². The van der Waals surface area contributed by atoms with E-state index in [4.69, 9.17) is 0 Å². The molecule has 1 aromatic carbocycles. The second-order valence-corrected chi connectivity index (χ2v) is 6.91. The molecular weight excluding hydrogens is 248 g/mol. The zero-order valence-electron chi connectivity index (χ0n) is 12.6. The molecule has 108 valence electrons. The van der Waals surface area contributed by atoms with Crippen molar-refractivity contribution >= 4 is 0 Å². The molecule has 0 aromatic heterocycles. The van der Waals surface area contributed by atoms with Gasteiger partial charge in [0.1, 0.15) is 0 Å². The van der Waals surface area contributed by atoms with Gasteiger partial charge in [-0.3, -0.25) is 4.90 Å². The highest BCUT2D eigenvalue weighted by molar-refractivity contribution is 5.25. The Kier molecular flexibility index (Phi) is 3.41. The van der Waals surface area contributed by atoms with Gasteiger partial charge in [-0.2, -0.15) is 0 Å². The Morgan fingerprint density at radius 2 is 1.65 bits per heavy atom. The van der Waals surface area contributed by atoms with E-state index in [9.17, 15) is 4.91 Å². The van der Waals surface area contributed by atoms with Crippen molar-refractivity contribution < 1.29 is 4.76 Å². The van der Waals surface area contributed by atoms with Crippen molar-refractivity contribution in [3.63, 3.8) is 0 Å². The third kappa shape index (κ3) is 2.18. The summed E-state index contributed by atoms with van der Waals surface area (Å²) in [5.41, 5.74) is 1.88. The third-order valence-corrected chi connectivity index (χ3v) is 5.71. The Labute approximate surface area is 121 Å². The highest BCUT2D eigenvalue weighted by atomic mass is 16.3. The van der Waals surface area contributed by atoms with Gasteiger partial charge in [0.25, 0.3) is 0 Å². The van der Waals surface area contributed by atoms with Gasteiger partial charge in [0.15, 0.2) is 13.1 Å². The van der Waals surface area contributed by atoms with Gasteiger partial charge in [-0.15, -0.1) is 0 Å². The molecule has 0 N–H and O–H groups in total. The highest BCUT2D eigenvalue weighted by Crippen LogP contribution is 2.51. The van der Waals surface area contributed by atoms with Crippen LogP contribution in [0.4, 0.5) is 0 Å². The number of nitrogens with zero attached hydrogens (tertiary/aromatic N) is 2. The molecule has 3 rings (SSSR count). The van der Waals surface area contributed by atoms with Crippen LogP contribution >= 0.6 is 0 Å². The summed E-state index contributed by atoms with van der Waals surface area (Å²) in [6.07, 6.45) is 5.78. The molecule has 20 heavy (non-hydrogen) atoms. The number of rotatable bonds is 2. The first-order valence-electron chi connectivity index (χ1n) is 7.72. The van der Waals surface area contributed by atoms with Crippen LogP contribution in [0.15, 0.2) is 30.3 Å². The van der Waals surface area contributed by atoms with Crippen molar-refractivity contribution in [2.75, 3.05) is 27.2 Å². The fourth-order valence-corrected chi connectivity index (χ4v) is 4.24. The van der Waals surface area contributed by atoms with Crippen LogP contribution in [0.25, 0.3) is 0 Å². The van der Waals surface area contributed by atoms with Gasteiger partial charge >= 0.3 is 0 Å². The van der Waals surface area contributed by atoms with E-state index in [1.165, 1.54) is 23.2 Å². The first-order chi connectivity index (χ1) is 9.56. The molecule has 1 saturated carbocycles. The number of hydrogen-bond acceptors (Lipinski definition) is 2. The van der Waals surface area contributed by atoms with E-state index in [1.807, 2.05) is 0 Å². The summed E-state index contributed by atoms with van der Waals surface area (Å²) in [7, 11) is 4.39. The van der Waals surface area contributed by atoms with E-state index in [2.05, 4.69) is 49.3 Å². The standard InChI is InChI=1S/C17H25N2O/c1-18(2)17(15-6-4-3-5-7-15)10-8-16(9-11-17)12-13-19(20)14-16/h3-7H,8-14H2,1-2H3/q+1. The number of hydrogen-bond donors (Lipinski definition) is 0. The predicted molar refractivity (Wildman–Crippen MR) is 80.7 cm³/mol. The van der Waals surface area contributed by atoms with E-state index < -0.39 is 0 Å². The zero-order chi connectivity index (χ0) is 14.2. The minimum absolute atomic E-state index is 0.156. The Morgan fingerprint density at radius 1 is 1.00 bits per heavy atom. The van der Waals surface area contributed by atoms with Crippen LogP contribution in [0.3, 0.4) is 0 Å². The average Bonchev–Trinajstić information content (AvgIpc) is 2.82. The Balaban J connectivity index is 1.84. The topological polar surface area (TPSA) is 23.3 Å². The molecule has 1 saturated heterocycles. The molecular formula is C17H25N2O+. The molecule has 3 nitrogen and oxygen atoms in total. The maximum atomic E-state index is 11.6. The lowest BCUT2D eigenvalue weighted by molar-refractivity contribution is -0.534. The monoisotopic (exact) mass is 273 g/mol. The van der Waals surface area contributed by atoms with Gasteiger partial charge < -0.3 is 0 Å². The quantitative estimate of drug-likeness (QED) is 0.773. The summed E-state index contributed by atoms with van der Waals surface area (Å²) in [6.45, 7) is 1.49. The van der Waals surface area contributed by atoms with Gasteiger partial charge in [-0.25, -0.2) is 0 Å². The lowest BCUT2D eigenvalue weighted by atomic mass is 9.64. The van der Waals surface area contributed by atoms with Gasteiger partial charge in [0, 0.05) is 22.3 Å². The van der Waals surface area contributed by atoms with E-state index >= 15 is 0 Å². The normalized spacial score (nSPS) is 34.0. The molecule has 1 aromatic rings. The lowest BCUT2D eigenvalue weighted by Crippen LogP contribution is -2.47. The minimum Gasteiger partial charge on any atom is -0.300 e. The summed E-state index contributed by atoms with van der Waals surface area (Å²) in [4.78, 5) is 14.0. The van der Waals surface area contributed by atoms with Gasteiger partial charge in [-0.05, 0) is 50.1 Å². The molecule has 0 unspecified atom stereocenters. The SMILES string of the molecule is CN(C)C1(c2ccccc2)CCC2(CC[N+](=O)C2)CC1. The first kappa shape index (κ1) is 13.7. The largest absolute Gasteiger partial charge is 0.300 e. The molecule has 0 atom stereocenters. The summed E-state index contributed by atoms with van der Waals surface area (Å²) in [5, 5.41) is 0. The maximum absolute atomic E-state index is 11.6. The summed E-state index contributed by atoms with van der Waals surface area (Å²) < 4.78 is 1.27. The minimum atomic E-state index is 0.156. The molecule has 2 aliphatic rings. The molecule has 1 spiro atoms. The molecule has 1 aliphatic heterocycles. The number of nitroso groups, excluding NO2 is 1. The summed E-state index contributed by atoms with van der Waals surface area (Å²) in [5.74, 6) is 0. The maximum Gasteiger partial charge on any atom is 0.197 e. The van der Waals surface area contributed by atoms with Crippen LogP contribution in [-0.4, -0.2) is 36.8 Å². The second kappa shape index (κ2) is 4.96. The van der Waals surface area contributed by atoms with Crippen LogP contribution < -0.4 is 0 Å². The fourth-order valence-electron chi connectivity index (χ4n) is 4.24. The average molecular weight is 273 g/mol. The molecule has 0 radical (unpaired) electrons. The lowest BCUT2D eigenvalue weighted by Gasteiger charge is -2.47. The third-order valence-electron chi connectivity index (χ3n) is 5.71. The van der Waals surface area contributed by atoms with E-state index in [0.29, 0.717) is 5.41 Å². The molecule has 0 amide bonds. The van der Waals surface area contributed by atoms with Crippen molar-refractivity contribution in [3.8, 4) is 0 Å². The molecule has 3 heteroatoms. The van der Waals surface area contributed by atoms with Crippen molar-refractivity contribution in [1.29, 1.82) is 0 Å². The molecule has 1 aliphatic carbocycles. The van der Waals surface area contributed by atoms with Crippen LogP contribution in [0.5, 0.6) is 0 Å². The van der Waals surface area contributed by atoms with Gasteiger partial charge in [0.2, 0.25) is 0 Å². The van der Waals surface area contributed by atoms with Gasteiger partial charge in [-0.1, -0.05) is 30.3 Å². The van der Waals surface area contributed by atoms with Crippen LogP contribution in [0.2, 0.25) is 0 Å². The van der Waals surface area contributed by atoms with Crippen LogP contribution in [0, 0.1) is 10.3 Å². The smallest absolute Gasteiger partial charge is 0.197 e. The Hall–Kier alpha value is -1.22. The Morgan fingerprint density at radius 3 is 2.15 bits per heavy atom. The van der Waals surface area contributed by atoms with E-state index in [0.717, 1.165) is 32.4 Å². The van der Waals surface area contributed by atoms with E-state index in [1.54, 1.807) is 0 Å². The number of benzene rings is 1. The summed E-state index contributed by atoms with van der Waals surface area (Å²) in [6, 6.07) is 10.9. The fraction of sp³-hybridized carbons (Fsp3) is 0.647. The van der Waals surface area contributed by atoms with Crippen LogP contribution in [0.1, 0.15) is 37.7 Å². The molecule has 2 fully saturated rings. The Bertz CT molecular complexity index is 487. The highest BCUT2D eigenvalue weighted by Gasteiger charge is 2.51. The van der Waals surface area contributed by atoms with E-state index in [-0.39, 0.29) is 5.54 Å². The van der Waals surface area contributed by atoms with Crippen LogP contribution in [-0.2, 0) is 5.54 Å². The predicted octanol–water partition coefficient (Wildman–Crippen LogP) is 3.19. The zero-order valence-corrected chi connectivity index (χ0v) is 12.6. The van der Waals surface area contributed by atoms with Gasteiger partial charge in [0.05, 0.1) is 0 Å². The first-order valence-corrected chi connectivity index (χ1v) is 7.72.